The molecule has 0 aromatic heterocycles. The number of carbonyl (C=O) groups excluding carboxylic acids is 1. The Balaban J connectivity index is 1.46. The molecule has 1 saturated heterocycles. The number of amides is 1. The predicted octanol–water partition coefficient (Wildman–Crippen LogP) is 5.88. The van der Waals surface area contributed by atoms with Crippen LogP contribution in [0.4, 0.5) is 11.4 Å². The number of rotatable bonds is 5. The maximum absolute atomic E-state index is 13.4. The van der Waals surface area contributed by atoms with Gasteiger partial charge in [0.25, 0.3) is 0 Å². The maximum Gasteiger partial charge on any atom is 0.235 e. The van der Waals surface area contributed by atoms with E-state index in [0.717, 1.165) is 21.4 Å². The van der Waals surface area contributed by atoms with Crippen molar-refractivity contribution in [3.05, 3.63) is 58.6 Å². The van der Waals surface area contributed by atoms with E-state index in [1.54, 1.807) is 0 Å². The normalized spacial score (nSPS) is 19.5. The first-order chi connectivity index (χ1) is 14.2. The molecule has 2 aliphatic rings. The van der Waals surface area contributed by atoms with Gasteiger partial charge >= 0.3 is 0 Å². The SMILES string of the molecule is O=C(Nc1ccc(NC2CCCCC2)cc1)C1(c2ccc(Br)cc2)CCOCC1. The van der Waals surface area contributed by atoms with Gasteiger partial charge in [0.1, 0.15) is 0 Å². The number of benzene rings is 2. The van der Waals surface area contributed by atoms with E-state index >= 15 is 0 Å². The van der Waals surface area contributed by atoms with Crippen molar-refractivity contribution in [3.63, 3.8) is 0 Å². The molecule has 1 saturated carbocycles. The minimum absolute atomic E-state index is 0.0520. The molecule has 154 valence electrons. The van der Waals surface area contributed by atoms with Crippen molar-refractivity contribution in [3.8, 4) is 0 Å². The largest absolute Gasteiger partial charge is 0.382 e. The standard InChI is InChI=1S/C24H29BrN2O2/c25-19-8-6-18(7-9-19)24(14-16-29-17-15-24)23(28)27-22-12-10-21(11-13-22)26-20-4-2-1-3-5-20/h6-13,20,26H,1-5,14-17H2,(H,27,28). The summed E-state index contributed by atoms with van der Waals surface area (Å²) in [6, 6.07) is 16.8. The van der Waals surface area contributed by atoms with E-state index in [1.165, 1.54) is 32.1 Å². The third kappa shape index (κ3) is 4.84. The van der Waals surface area contributed by atoms with Crippen molar-refractivity contribution in [2.24, 2.45) is 0 Å². The number of anilines is 2. The van der Waals surface area contributed by atoms with E-state index in [1.807, 2.05) is 36.4 Å². The Bertz CT molecular complexity index is 808. The van der Waals surface area contributed by atoms with Gasteiger partial charge in [-0.15, -0.1) is 0 Å². The van der Waals surface area contributed by atoms with Crippen LogP contribution in [0.2, 0.25) is 0 Å². The second-order valence-corrected chi connectivity index (χ2v) is 9.13. The molecule has 2 N–H and O–H groups in total. The molecule has 1 amide bonds. The number of carbonyl (C=O) groups is 1. The molecule has 4 rings (SSSR count). The van der Waals surface area contributed by atoms with Gasteiger partial charge in [-0.1, -0.05) is 47.3 Å². The fourth-order valence-corrected chi connectivity index (χ4v) is 4.78. The van der Waals surface area contributed by atoms with E-state index in [-0.39, 0.29) is 5.91 Å². The zero-order valence-corrected chi connectivity index (χ0v) is 18.3. The Labute approximate surface area is 181 Å². The zero-order valence-electron chi connectivity index (χ0n) is 16.8. The van der Waals surface area contributed by atoms with Gasteiger partial charge in [-0.25, -0.2) is 0 Å². The van der Waals surface area contributed by atoms with Gasteiger partial charge in [0.2, 0.25) is 5.91 Å². The van der Waals surface area contributed by atoms with E-state index in [9.17, 15) is 4.79 Å². The molecular formula is C24H29BrN2O2. The highest BCUT2D eigenvalue weighted by atomic mass is 79.9. The van der Waals surface area contributed by atoms with Gasteiger partial charge in [-0.3, -0.25) is 4.79 Å². The van der Waals surface area contributed by atoms with E-state index in [0.29, 0.717) is 32.1 Å². The van der Waals surface area contributed by atoms with Gasteiger partial charge in [0, 0.05) is 35.1 Å². The summed E-state index contributed by atoms with van der Waals surface area (Å²) in [6.07, 6.45) is 7.87. The van der Waals surface area contributed by atoms with Gasteiger partial charge < -0.3 is 15.4 Å². The lowest BCUT2D eigenvalue weighted by Gasteiger charge is -2.36. The van der Waals surface area contributed by atoms with Crippen LogP contribution in [0, 0.1) is 0 Å². The third-order valence-electron chi connectivity index (χ3n) is 6.30. The van der Waals surface area contributed by atoms with Crippen molar-refractivity contribution < 1.29 is 9.53 Å². The summed E-state index contributed by atoms with van der Waals surface area (Å²) in [7, 11) is 0. The van der Waals surface area contributed by atoms with Crippen LogP contribution in [0.5, 0.6) is 0 Å². The van der Waals surface area contributed by atoms with Gasteiger partial charge in [-0.2, -0.15) is 0 Å². The molecule has 1 aliphatic heterocycles. The quantitative estimate of drug-likeness (QED) is 0.590. The van der Waals surface area contributed by atoms with E-state index in [2.05, 4.69) is 38.7 Å². The Morgan fingerprint density at radius 2 is 1.52 bits per heavy atom. The first-order valence-corrected chi connectivity index (χ1v) is 11.5. The molecule has 2 aromatic carbocycles. The fourth-order valence-electron chi connectivity index (χ4n) is 4.52. The topological polar surface area (TPSA) is 50.4 Å². The molecule has 0 unspecified atom stereocenters. The average molecular weight is 457 g/mol. The number of ether oxygens (including phenoxy) is 1. The van der Waals surface area contributed by atoms with Crippen LogP contribution in [-0.2, 0) is 14.9 Å². The Kier molecular flexibility index (Phi) is 6.56. The third-order valence-corrected chi connectivity index (χ3v) is 6.83. The van der Waals surface area contributed by atoms with E-state index in [4.69, 9.17) is 4.74 Å². The number of nitrogens with one attached hydrogen (secondary N) is 2. The minimum atomic E-state index is -0.544. The van der Waals surface area contributed by atoms with Crippen molar-refractivity contribution in [1.82, 2.24) is 0 Å². The van der Waals surface area contributed by atoms with Crippen LogP contribution in [0.1, 0.15) is 50.5 Å². The molecule has 0 radical (unpaired) electrons. The molecule has 2 aromatic rings. The fraction of sp³-hybridized carbons (Fsp3) is 0.458. The van der Waals surface area contributed by atoms with Crippen LogP contribution in [0.25, 0.3) is 0 Å². The van der Waals surface area contributed by atoms with Crippen molar-refractivity contribution in [2.45, 2.75) is 56.4 Å². The van der Waals surface area contributed by atoms with Crippen LogP contribution in [-0.4, -0.2) is 25.2 Å². The molecule has 0 spiro atoms. The number of hydrogen-bond donors (Lipinski definition) is 2. The van der Waals surface area contributed by atoms with Crippen molar-refractivity contribution in [2.75, 3.05) is 23.8 Å². The maximum atomic E-state index is 13.4. The van der Waals surface area contributed by atoms with E-state index < -0.39 is 5.41 Å². The predicted molar refractivity (Wildman–Crippen MR) is 121 cm³/mol. The summed E-state index contributed by atoms with van der Waals surface area (Å²) in [5.74, 6) is 0.0520. The molecule has 0 bridgehead atoms. The summed E-state index contributed by atoms with van der Waals surface area (Å²) in [5.41, 5.74) is 2.48. The molecule has 0 atom stereocenters. The molecule has 1 aliphatic carbocycles. The zero-order chi connectivity index (χ0) is 20.1. The van der Waals surface area contributed by atoms with Crippen LogP contribution in [0.15, 0.2) is 53.0 Å². The monoisotopic (exact) mass is 456 g/mol. The summed E-state index contributed by atoms with van der Waals surface area (Å²) in [4.78, 5) is 13.4. The van der Waals surface area contributed by atoms with Crippen molar-refractivity contribution in [1.29, 1.82) is 0 Å². The van der Waals surface area contributed by atoms with Crippen LogP contribution in [0.3, 0.4) is 0 Å². The first kappa shape index (κ1) is 20.4. The highest BCUT2D eigenvalue weighted by Crippen LogP contribution is 2.37. The van der Waals surface area contributed by atoms with Crippen molar-refractivity contribution >= 4 is 33.2 Å². The lowest BCUT2D eigenvalue weighted by molar-refractivity contribution is -0.125. The van der Waals surface area contributed by atoms with Crippen LogP contribution >= 0.6 is 15.9 Å². The molecule has 5 heteroatoms. The molecule has 29 heavy (non-hydrogen) atoms. The number of halogens is 1. The van der Waals surface area contributed by atoms with Gasteiger partial charge in [-0.05, 0) is 67.6 Å². The van der Waals surface area contributed by atoms with Crippen LogP contribution < -0.4 is 10.6 Å². The second kappa shape index (κ2) is 9.31. The summed E-state index contributed by atoms with van der Waals surface area (Å²) in [6.45, 7) is 1.21. The molecule has 1 heterocycles. The Morgan fingerprint density at radius 1 is 0.897 bits per heavy atom. The minimum Gasteiger partial charge on any atom is -0.382 e. The summed E-state index contributed by atoms with van der Waals surface area (Å²) < 4.78 is 6.58. The molecule has 2 fully saturated rings. The number of hydrogen-bond acceptors (Lipinski definition) is 3. The van der Waals surface area contributed by atoms with Gasteiger partial charge in [0.15, 0.2) is 0 Å². The molecular weight excluding hydrogens is 428 g/mol. The summed E-state index contributed by atoms with van der Waals surface area (Å²) >= 11 is 3.49. The second-order valence-electron chi connectivity index (χ2n) is 8.21. The lowest BCUT2D eigenvalue weighted by atomic mass is 9.73. The highest BCUT2D eigenvalue weighted by Gasteiger charge is 2.41. The first-order valence-electron chi connectivity index (χ1n) is 10.7. The summed E-state index contributed by atoms with van der Waals surface area (Å²) in [5, 5.41) is 6.79. The average Bonchev–Trinajstić information content (AvgIpc) is 2.77. The van der Waals surface area contributed by atoms with Gasteiger partial charge in [0.05, 0.1) is 5.41 Å². The Morgan fingerprint density at radius 3 is 2.17 bits per heavy atom. The highest BCUT2D eigenvalue weighted by molar-refractivity contribution is 9.10. The molecule has 4 nitrogen and oxygen atoms in total. The smallest absolute Gasteiger partial charge is 0.235 e. The lowest BCUT2D eigenvalue weighted by Crippen LogP contribution is -2.44. The Hall–Kier alpha value is -1.85.